The number of aromatic nitrogens is 3. The van der Waals surface area contributed by atoms with E-state index >= 15 is 0 Å². The molecule has 0 spiro atoms. The van der Waals surface area contributed by atoms with Crippen LogP contribution in [0.15, 0.2) is 5.16 Å². The summed E-state index contributed by atoms with van der Waals surface area (Å²) in [6.45, 7) is 2.56. The lowest BCUT2D eigenvalue weighted by Crippen LogP contribution is -2.18. The average molecular weight is 274 g/mol. The van der Waals surface area contributed by atoms with E-state index in [9.17, 15) is 4.79 Å². The van der Waals surface area contributed by atoms with Crippen molar-refractivity contribution in [2.45, 2.75) is 31.0 Å². The first-order chi connectivity index (χ1) is 8.60. The maximum Gasteiger partial charge on any atom is 0.313 e. The molecule has 0 fully saturated rings. The molecule has 0 saturated heterocycles. The highest BCUT2D eigenvalue weighted by atomic mass is 32.2. The van der Waals surface area contributed by atoms with E-state index in [1.807, 2.05) is 0 Å². The Morgan fingerprint density at radius 1 is 1.61 bits per heavy atom. The van der Waals surface area contributed by atoms with Gasteiger partial charge in [-0.05, 0) is 6.42 Å². The zero-order valence-corrected chi connectivity index (χ0v) is 11.3. The van der Waals surface area contributed by atoms with Gasteiger partial charge in [0.05, 0.1) is 18.4 Å². The molecule has 1 atom stereocenters. The Labute approximate surface area is 110 Å². The van der Waals surface area contributed by atoms with Crippen LogP contribution in [0.4, 0.5) is 5.95 Å². The molecule has 0 saturated carbocycles. The number of hydrogen-bond donors (Lipinski definition) is 2. The summed E-state index contributed by atoms with van der Waals surface area (Å²) in [7, 11) is 1.62. The minimum Gasteiger partial charge on any atom is -0.481 e. The number of carboxylic acids is 1. The maximum atomic E-state index is 10.6. The molecule has 0 aliphatic rings. The first-order valence-corrected chi connectivity index (χ1v) is 6.62. The number of aliphatic carboxylic acids is 1. The lowest BCUT2D eigenvalue weighted by atomic mass is 10.2. The first kappa shape index (κ1) is 14.8. The fourth-order valence-electron chi connectivity index (χ4n) is 1.67. The molecular formula is C10H18N4O3S. The van der Waals surface area contributed by atoms with Gasteiger partial charge in [-0.1, -0.05) is 25.1 Å². The van der Waals surface area contributed by atoms with E-state index in [0.717, 1.165) is 24.6 Å². The van der Waals surface area contributed by atoms with Crippen LogP contribution in [0, 0.1) is 0 Å². The second-order valence-electron chi connectivity index (χ2n) is 3.79. The van der Waals surface area contributed by atoms with E-state index < -0.39 is 5.97 Å². The Morgan fingerprint density at radius 2 is 2.33 bits per heavy atom. The van der Waals surface area contributed by atoms with E-state index in [4.69, 9.17) is 15.6 Å². The minimum absolute atomic E-state index is 0.0336. The number of carbonyl (C=O) groups is 1. The van der Waals surface area contributed by atoms with Crippen LogP contribution >= 0.6 is 11.8 Å². The minimum atomic E-state index is -0.896. The van der Waals surface area contributed by atoms with Gasteiger partial charge < -0.3 is 15.6 Å². The molecule has 1 aromatic rings. The second-order valence-corrected chi connectivity index (χ2v) is 4.73. The van der Waals surface area contributed by atoms with Gasteiger partial charge in [0.1, 0.15) is 0 Å². The smallest absolute Gasteiger partial charge is 0.313 e. The van der Waals surface area contributed by atoms with Crippen LogP contribution in [0.1, 0.15) is 25.8 Å². The Bertz CT molecular complexity index is 390. The van der Waals surface area contributed by atoms with Crippen molar-refractivity contribution >= 4 is 23.7 Å². The van der Waals surface area contributed by atoms with Gasteiger partial charge in [-0.2, -0.15) is 0 Å². The van der Waals surface area contributed by atoms with Gasteiger partial charge in [0.25, 0.3) is 0 Å². The highest BCUT2D eigenvalue weighted by Crippen LogP contribution is 2.25. The van der Waals surface area contributed by atoms with Crippen LogP contribution in [-0.4, -0.2) is 45.3 Å². The van der Waals surface area contributed by atoms with E-state index in [-0.39, 0.29) is 11.8 Å². The largest absolute Gasteiger partial charge is 0.481 e. The molecule has 0 radical (unpaired) electrons. The second kappa shape index (κ2) is 7.22. The van der Waals surface area contributed by atoms with Gasteiger partial charge in [-0.25, -0.2) is 0 Å². The van der Waals surface area contributed by atoms with Crippen molar-refractivity contribution < 1.29 is 14.6 Å². The molecule has 1 unspecified atom stereocenters. The van der Waals surface area contributed by atoms with Crippen molar-refractivity contribution in [1.82, 2.24) is 14.8 Å². The summed E-state index contributed by atoms with van der Waals surface area (Å²) in [5.74, 6) is -0.672. The molecule has 1 heterocycles. The summed E-state index contributed by atoms with van der Waals surface area (Å²) in [6, 6.07) is 0.0336. The Morgan fingerprint density at radius 3 is 2.89 bits per heavy atom. The average Bonchev–Trinajstić information content (AvgIpc) is 2.67. The van der Waals surface area contributed by atoms with E-state index in [1.54, 1.807) is 11.7 Å². The van der Waals surface area contributed by atoms with Gasteiger partial charge >= 0.3 is 5.97 Å². The summed E-state index contributed by atoms with van der Waals surface area (Å²) >= 11 is 1.11. The van der Waals surface area contributed by atoms with Gasteiger partial charge in [0, 0.05) is 7.11 Å². The molecule has 0 aliphatic heterocycles. The zero-order chi connectivity index (χ0) is 13.5. The predicted molar refractivity (Wildman–Crippen MR) is 68.6 cm³/mol. The summed E-state index contributed by atoms with van der Waals surface area (Å²) < 4.78 is 6.91. The SMILES string of the molecule is CCCC(COC)n1c(N)nnc1SCC(=O)O. The number of methoxy groups -OCH3 is 1. The fraction of sp³-hybridized carbons (Fsp3) is 0.700. The van der Waals surface area contributed by atoms with Crippen LogP contribution in [0.25, 0.3) is 0 Å². The molecule has 7 nitrogen and oxygen atoms in total. The number of anilines is 1. The summed E-state index contributed by atoms with van der Waals surface area (Å²) in [5.41, 5.74) is 5.78. The molecule has 0 aromatic carbocycles. The molecule has 0 bridgehead atoms. The predicted octanol–water partition coefficient (Wildman–Crippen LogP) is 1.02. The molecular weight excluding hydrogens is 256 g/mol. The van der Waals surface area contributed by atoms with E-state index in [0.29, 0.717) is 17.7 Å². The van der Waals surface area contributed by atoms with Gasteiger partial charge in [-0.3, -0.25) is 9.36 Å². The van der Waals surface area contributed by atoms with Crippen molar-refractivity contribution in [2.24, 2.45) is 0 Å². The number of hydrogen-bond acceptors (Lipinski definition) is 6. The first-order valence-electron chi connectivity index (χ1n) is 5.64. The van der Waals surface area contributed by atoms with Crippen LogP contribution in [0.3, 0.4) is 0 Å². The molecule has 3 N–H and O–H groups in total. The van der Waals surface area contributed by atoms with Crippen molar-refractivity contribution in [2.75, 3.05) is 25.2 Å². The Hall–Kier alpha value is -1.28. The van der Waals surface area contributed by atoms with Crippen molar-refractivity contribution in [1.29, 1.82) is 0 Å². The standard InChI is InChI=1S/C10H18N4O3S/c1-3-4-7(5-17-2)14-9(11)12-13-10(14)18-6-8(15)16/h7H,3-6H2,1-2H3,(H2,11,12)(H,15,16). The Kier molecular flexibility index (Phi) is 5.93. The summed E-state index contributed by atoms with van der Waals surface area (Å²) in [6.07, 6.45) is 1.84. The van der Waals surface area contributed by atoms with Crippen molar-refractivity contribution in [3.8, 4) is 0 Å². The summed E-state index contributed by atoms with van der Waals surface area (Å²) in [5, 5.41) is 16.9. The number of thioether (sulfide) groups is 1. The van der Waals surface area contributed by atoms with Gasteiger partial charge in [-0.15, -0.1) is 10.2 Å². The van der Waals surface area contributed by atoms with Crippen molar-refractivity contribution in [3.05, 3.63) is 0 Å². The number of nitrogens with two attached hydrogens (primary N) is 1. The highest BCUT2D eigenvalue weighted by Gasteiger charge is 2.19. The van der Waals surface area contributed by atoms with Crippen LogP contribution in [0.2, 0.25) is 0 Å². The molecule has 1 rings (SSSR count). The highest BCUT2D eigenvalue weighted by molar-refractivity contribution is 7.99. The zero-order valence-electron chi connectivity index (χ0n) is 10.5. The fourth-order valence-corrected chi connectivity index (χ4v) is 2.40. The normalized spacial score (nSPS) is 12.6. The number of nitrogen functional groups attached to an aromatic ring is 1. The van der Waals surface area contributed by atoms with Crippen molar-refractivity contribution in [3.63, 3.8) is 0 Å². The number of nitrogens with zero attached hydrogens (tertiary/aromatic N) is 3. The topological polar surface area (TPSA) is 103 Å². The van der Waals surface area contributed by atoms with Crippen LogP contribution in [-0.2, 0) is 9.53 Å². The lowest BCUT2D eigenvalue weighted by molar-refractivity contribution is -0.133. The summed E-state index contributed by atoms with van der Waals surface area (Å²) in [4.78, 5) is 10.6. The lowest BCUT2D eigenvalue weighted by Gasteiger charge is -2.19. The van der Waals surface area contributed by atoms with Gasteiger partial charge in [0.15, 0.2) is 5.16 Å². The van der Waals surface area contributed by atoms with Gasteiger partial charge in [0.2, 0.25) is 5.95 Å². The molecule has 1 aromatic heterocycles. The van der Waals surface area contributed by atoms with E-state index in [1.165, 1.54) is 0 Å². The number of rotatable bonds is 8. The number of ether oxygens (including phenoxy) is 1. The van der Waals surface area contributed by atoms with Crippen LogP contribution < -0.4 is 5.73 Å². The third-order valence-electron chi connectivity index (χ3n) is 2.36. The molecule has 8 heteroatoms. The third kappa shape index (κ3) is 3.88. The van der Waals surface area contributed by atoms with Crippen LogP contribution in [0.5, 0.6) is 0 Å². The third-order valence-corrected chi connectivity index (χ3v) is 3.29. The molecule has 0 aliphatic carbocycles. The molecule has 18 heavy (non-hydrogen) atoms. The van der Waals surface area contributed by atoms with E-state index in [2.05, 4.69) is 17.1 Å². The number of carboxylic acid groups (broad SMARTS) is 1. The molecule has 102 valence electrons. The monoisotopic (exact) mass is 274 g/mol. The maximum absolute atomic E-state index is 10.6. The quantitative estimate of drug-likeness (QED) is 0.682. The Balaban J connectivity index is 2.89. The molecule has 0 amide bonds.